The van der Waals surface area contributed by atoms with Crippen molar-refractivity contribution < 1.29 is 14.3 Å². The van der Waals surface area contributed by atoms with Crippen LogP contribution in [0.2, 0.25) is 0 Å². The first-order valence-corrected chi connectivity index (χ1v) is 11.4. The lowest BCUT2D eigenvalue weighted by Crippen LogP contribution is -2.19. The van der Waals surface area contributed by atoms with Crippen molar-refractivity contribution in [1.29, 1.82) is 0 Å². The quantitative estimate of drug-likeness (QED) is 0.489. The van der Waals surface area contributed by atoms with E-state index in [1.54, 1.807) is 24.3 Å². The van der Waals surface area contributed by atoms with Gasteiger partial charge in [-0.2, -0.15) is 0 Å². The van der Waals surface area contributed by atoms with Crippen molar-refractivity contribution in [2.75, 3.05) is 11.9 Å². The summed E-state index contributed by atoms with van der Waals surface area (Å²) >= 11 is 1.49. The Morgan fingerprint density at radius 2 is 1.93 bits per heavy atom. The second kappa shape index (κ2) is 9.79. The van der Waals surface area contributed by atoms with Crippen molar-refractivity contribution in [3.05, 3.63) is 41.2 Å². The van der Waals surface area contributed by atoms with E-state index in [-0.39, 0.29) is 29.0 Å². The number of thioether (sulfide) groups is 1. The van der Waals surface area contributed by atoms with Gasteiger partial charge in [-0.1, -0.05) is 25.6 Å². The highest BCUT2D eigenvalue weighted by Gasteiger charge is 2.24. The number of aryl methyl sites for hydroxylation is 1. The standard InChI is InChI=1S/C23H31N3O3S/c1-14(2)22(28)25-19-10-8-18(9-11-19)21(27)17(5)30-23-24-15(3)16(4)26(23)13-20-7-6-12-29-20/h8-11,14,17,20H,6-7,12-13H2,1-5H3,(H,25,28). The van der Waals surface area contributed by atoms with E-state index in [4.69, 9.17) is 9.72 Å². The number of carbonyl (C=O) groups is 2. The summed E-state index contributed by atoms with van der Waals surface area (Å²) in [6.07, 6.45) is 2.38. The minimum absolute atomic E-state index is 0.0400. The molecule has 1 aromatic carbocycles. The van der Waals surface area contributed by atoms with Crippen molar-refractivity contribution in [3.8, 4) is 0 Å². The number of nitrogens with one attached hydrogen (secondary N) is 1. The fourth-order valence-corrected chi connectivity index (χ4v) is 4.46. The summed E-state index contributed by atoms with van der Waals surface area (Å²) in [6, 6.07) is 7.09. The Morgan fingerprint density at radius 3 is 2.53 bits per heavy atom. The highest BCUT2D eigenvalue weighted by molar-refractivity contribution is 8.00. The van der Waals surface area contributed by atoms with Crippen molar-refractivity contribution >= 4 is 29.1 Å². The molecule has 2 heterocycles. The Bertz CT molecular complexity index is 899. The van der Waals surface area contributed by atoms with Gasteiger partial charge in [-0.15, -0.1) is 0 Å². The van der Waals surface area contributed by atoms with Gasteiger partial charge in [0.25, 0.3) is 0 Å². The van der Waals surface area contributed by atoms with Gasteiger partial charge in [-0.25, -0.2) is 4.98 Å². The third-order valence-corrected chi connectivity index (χ3v) is 6.54. The summed E-state index contributed by atoms with van der Waals surface area (Å²) in [4.78, 5) is 29.5. The number of benzene rings is 1. The fourth-order valence-electron chi connectivity index (χ4n) is 3.37. The zero-order chi connectivity index (χ0) is 21.8. The zero-order valence-corrected chi connectivity index (χ0v) is 19.2. The molecule has 2 aromatic rings. The molecule has 2 atom stereocenters. The number of ether oxygens (including phenoxy) is 1. The Hall–Kier alpha value is -2.12. The lowest BCUT2D eigenvalue weighted by molar-refractivity contribution is -0.118. The average molecular weight is 430 g/mol. The van der Waals surface area contributed by atoms with E-state index >= 15 is 0 Å². The summed E-state index contributed by atoms with van der Waals surface area (Å²) < 4.78 is 7.98. The Balaban J connectivity index is 1.68. The van der Waals surface area contributed by atoms with Crippen LogP contribution in [0, 0.1) is 19.8 Å². The molecule has 3 rings (SSSR count). The van der Waals surface area contributed by atoms with Crippen LogP contribution in [-0.2, 0) is 16.1 Å². The van der Waals surface area contributed by atoms with E-state index in [0.717, 1.165) is 42.5 Å². The molecule has 1 N–H and O–H groups in total. The van der Waals surface area contributed by atoms with Gasteiger partial charge in [0, 0.05) is 29.5 Å². The topological polar surface area (TPSA) is 73.2 Å². The van der Waals surface area contributed by atoms with Gasteiger partial charge in [0.15, 0.2) is 10.9 Å². The van der Waals surface area contributed by atoms with Crippen LogP contribution in [0.5, 0.6) is 0 Å². The molecule has 1 fully saturated rings. The molecule has 1 aliphatic rings. The normalized spacial score (nSPS) is 17.3. The number of aromatic nitrogens is 2. The maximum Gasteiger partial charge on any atom is 0.226 e. The fraction of sp³-hybridized carbons (Fsp3) is 0.522. The van der Waals surface area contributed by atoms with Gasteiger partial charge < -0.3 is 14.6 Å². The molecule has 0 radical (unpaired) electrons. The summed E-state index contributed by atoms with van der Waals surface area (Å²) in [5.74, 6) is -0.0847. The number of imidazole rings is 1. The van der Waals surface area contributed by atoms with E-state index in [2.05, 4.69) is 16.8 Å². The lowest BCUT2D eigenvalue weighted by atomic mass is 10.1. The molecule has 1 saturated heterocycles. The van der Waals surface area contributed by atoms with Gasteiger partial charge in [0.2, 0.25) is 5.91 Å². The minimum Gasteiger partial charge on any atom is -0.376 e. The number of carbonyl (C=O) groups excluding carboxylic acids is 2. The molecular formula is C23H31N3O3S. The smallest absolute Gasteiger partial charge is 0.226 e. The summed E-state index contributed by atoms with van der Waals surface area (Å²) in [5.41, 5.74) is 3.44. The Labute approximate surface area is 182 Å². The number of ketones is 1. The minimum atomic E-state index is -0.273. The van der Waals surface area contributed by atoms with Crippen molar-refractivity contribution in [3.63, 3.8) is 0 Å². The molecule has 2 unspecified atom stereocenters. The van der Waals surface area contributed by atoms with Crippen LogP contribution >= 0.6 is 11.8 Å². The van der Waals surface area contributed by atoms with Crippen LogP contribution in [0.4, 0.5) is 5.69 Å². The van der Waals surface area contributed by atoms with Crippen LogP contribution in [0.3, 0.4) is 0 Å². The highest BCUT2D eigenvalue weighted by Crippen LogP contribution is 2.29. The SMILES string of the molecule is Cc1nc(SC(C)C(=O)c2ccc(NC(=O)C(C)C)cc2)n(CC2CCCO2)c1C. The first-order valence-electron chi connectivity index (χ1n) is 10.5. The molecule has 0 spiro atoms. The third kappa shape index (κ3) is 5.32. The Morgan fingerprint density at radius 1 is 1.23 bits per heavy atom. The molecule has 30 heavy (non-hydrogen) atoms. The average Bonchev–Trinajstić information content (AvgIpc) is 3.32. The third-order valence-electron chi connectivity index (χ3n) is 5.45. The van der Waals surface area contributed by atoms with Gasteiger partial charge in [-0.05, 0) is 57.9 Å². The van der Waals surface area contributed by atoms with E-state index in [0.29, 0.717) is 11.3 Å². The van der Waals surface area contributed by atoms with E-state index < -0.39 is 0 Å². The number of amides is 1. The number of anilines is 1. The van der Waals surface area contributed by atoms with Crippen LogP contribution in [0.15, 0.2) is 29.4 Å². The number of hydrogen-bond donors (Lipinski definition) is 1. The molecule has 0 aliphatic carbocycles. The van der Waals surface area contributed by atoms with Gasteiger partial charge in [0.05, 0.1) is 23.6 Å². The number of rotatable bonds is 8. The number of hydrogen-bond acceptors (Lipinski definition) is 5. The maximum atomic E-state index is 13.0. The van der Waals surface area contributed by atoms with Gasteiger partial charge >= 0.3 is 0 Å². The lowest BCUT2D eigenvalue weighted by Gasteiger charge is -2.16. The van der Waals surface area contributed by atoms with Crippen molar-refractivity contribution in [1.82, 2.24) is 9.55 Å². The first kappa shape index (κ1) is 22.6. The molecule has 0 bridgehead atoms. The second-order valence-electron chi connectivity index (χ2n) is 8.16. The molecule has 7 heteroatoms. The molecule has 1 aromatic heterocycles. The van der Waals surface area contributed by atoms with E-state index in [1.165, 1.54) is 11.8 Å². The molecule has 1 amide bonds. The first-order chi connectivity index (χ1) is 14.3. The number of Topliss-reactive ketones (excluding diaryl/α,β-unsaturated/α-hetero) is 1. The molecule has 6 nitrogen and oxygen atoms in total. The number of nitrogens with zero attached hydrogens (tertiary/aromatic N) is 2. The van der Waals surface area contributed by atoms with Gasteiger partial charge in [0.1, 0.15) is 0 Å². The maximum absolute atomic E-state index is 13.0. The molecular weight excluding hydrogens is 398 g/mol. The van der Waals surface area contributed by atoms with Gasteiger partial charge in [-0.3, -0.25) is 9.59 Å². The van der Waals surface area contributed by atoms with E-state index in [9.17, 15) is 9.59 Å². The summed E-state index contributed by atoms with van der Waals surface area (Å²) in [5, 5.41) is 3.44. The molecule has 0 saturated carbocycles. The Kier molecular flexibility index (Phi) is 7.36. The predicted molar refractivity (Wildman–Crippen MR) is 120 cm³/mol. The van der Waals surface area contributed by atoms with E-state index in [1.807, 2.05) is 27.7 Å². The summed E-state index contributed by atoms with van der Waals surface area (Å²) in [7, 11) is 0. The molecule has 1 aliphatic heterocycles. The summed E-state index contributed by atoms with van der Waals surface area (Å²) in [6.45, 7) is 11.3. The largest absolute Gasteiger partial charge is 0.376 e. The monoisotopic (exact) mass is 429 g/mol. The predicted octanol–water partition coefficient (Wildman–Crippen LogP) is 4.64. The second-order valence-corrected chi connectivity index (χ2v) is 9.46. The van der Waals surface area contributed by atoms with Crippen LogP contribution < -0.4 is 5.32 Å². The van der Waals surface area contributed by atoms with Crippen LogP contribution in [0.1, 0.15) is 55.4 Å². The van der Waals surface area contributed by atoms with Crippen molar-refractivity contribution in [2.45, 2.75) is 70.5 Å². The highest BCUT2D eigenvalue weighted by atomic mass is 32.2. The molecule has 162 valence electrons. The van der Waals surface area contributed by atoms with Crippen LogP contribution in [-0.4, -0.2) is 39.2 Å². The zero-order valence-electron chi connectivity index (χ0n) is 18.4. The van der Waals surface area contributed by atoms with Crippen molar-refractivity contribution in [2.24, 2.45) is 5.92 Å². The van der Waals surface area contributed by atoms with Crippen LogP contribution in [0.25, 0.3) is 0 Å².